The molecular formula is C16H16Cl2N2O3S. The smallest absolute Gasteiger partial charge is 0.252 e. The molecule has 0 unspecified atom stereocenters. The lowest BCUT2D eigenvalue weighted by Gasteiger charge is -2.09. The first-order valence-corrected chi connectivity index (χ1v) is 9.53. The Bertz CT molecular complexity index is 811. The van der Waals surface area contributed by atoms with Gasteiger partial charge in [0.25, 0.3) is 5.91 Å². The maximum atomic E-state index is 12.0. The van der Waals surface area contributed by atoms with E-state index < -0.39 is 15.9 Å². The second kappa shape index (κ2) is 8.48. The molecule has 2 aromatic rings. The zero-order valence-electron chi connectivity index (χ0n) is 12.6. The Balaban J connectivity index is 1.84. The van der Waals surface area contributed by atoms with E-state index >= 15 is 0 Å². The third kappa shape index (κ3) is 5.49. The molecule has 0 saturated heterocycles. The van der Waals surface area contributed by atoms with Crippen molar-refractivity contribution in [3.63, 3.8) is 0 Å². The highest BCUT2D eigenvalue weighted by Gasteiger charge is 2.14. The molecule has 0 saturated carbocycles. The van der Waals surface area contributed by atoms with Crippen molar-refractivity contribution >= 4 is 39.1 Å². The summed E-state index contributed by atoms with van der Waals surface area (Å²) in [5.41, 5.74) is 1.06. The van der Waals surface area contributed by atoms with Crippen LogP contribution in [0.1, 0.15) is 15.9 Å². The highest BCUT2D eigenvalue weighted by atomic mass is 35.5. The van der Waals surface area contributed by atoms with Gasteiger partial charge in [0.15, 0.2) is 0 Å². The summed E-state index contributed by atoms with van der Waals surface area (Å²) in [5.74, 6) is -0.704. The zero-order valence-corrected chi connectivity index (χ0v) is 15.0. The predicted octanol–water partition coefficient (Wildman–Crippen LogP) is 2.84. The fraction of sp³-hybridized carbons (Fsp3) is 0.188. The summed E-state index contributed by atoms with van der Waals surface area (Å²) in [6.07, 6.45) is 0. The van der Waals surface area contributed by atoms with Crippen molar-refractivity contribution in [2.45, 2.75) is 6.54 Å². The number of benzene rings is 2. The number of carbonyl (C=O) groups is 1. The van der Waals surface area contributed by atoms with Crippen molar-refractivity contribution < 1.29 is 13.2 Å². The number of rotatable bonds is 7. The van der Waals surface area contributed by atoms with E-state index in [1.165, 1.54) is 6.07 Å². The molecule has 0 fully saturated rings. The largest absolute Gasteiger partial charge is 0.351 e. The molecule has 1 amide bonds. The van der Waals surface area contributed by atoms with Crippen molar-refractivity contribution in [1.29, 1.82) is 0 Å². The van der Waals surface area contributed by atoms with Crippen molar-refractivity contribution in [2.24, 2.45) is 0 Å². The topological polar surface area (TPSA) is 75.3 Å². The molecule has 0 bridgehead atoms. The fourth-order valence-electron chi connectivity index (χ4n) is 1.93. The minimum Gasteiger partial charge on any atom is -0.351 e. The van der Waals surface area contributed by atoms with E-state index in [0.717, 1.165) is 5.56 Å². The standard InChI is InChI=1S/C16H16Cl2N2O3S/c17-14-8-4-7-13(15(14)18)16(21)19-9-10-24(22,23)20-11-12-5-2-1-3-6-12/h1-8,20H,9-11H2,(H,19,21). The third-order valence-electron chi connectivity index (χ3n) is 3.19. The quantitative estimate of drug-likeness (QED) is 0.767. The number of sulfonamides is 1. The van der Waals surface area contributed by atoms with Gasteiger partial charge in [-0.2, -0.15) is 0 Å². The van der Waals surface area contributed by atoms with Crippen molar-refractivity contribution in [3.8, 4) is 0 Å². The molecule has 128 valence electrons. The zero-order chi connectivity index (χ0) is 17.6. The van der Waals surface area contributed by atoms with E-state index in [4.69, 9.17) is 23.2 Å². The van der Waals surface area contributed by atoms with Gasteiger partial charge < -0.3 is 5.32 Å². The summed E-state index contributed by atoms with van der Waals surface area (Å²) in [6, 6.07) is 13.9. The summed E-state index contributed by atoms with van der Waals surface area (Å²) >= 11 is 11.8. The normalized spacial score (nSPS) is 11.2. The van der Waals surface area contributed by atoms with Crippen LogP contribution in [0.5, 0.6) is 0 Å². The third-order valence-corrected chi connectivity index (χ3v) is 5.34. The molecule has 0 aromatic heterocycles. The average Bonchev–Trinajstić information content (AvgIpc) is 2.56. The lowest BCUT2D eigenvalue weighted by atomic mass is 10.2. The van der Waals surface area contributed by atoms with Crippen LogP contribution < -0.4 is 10.0 Å². The van der Waals surface area contributed by atoms with Gasteiger partial charge in [-0.15, -0.1) is 0 Å². The molecule has 24 heavy (non-hydrogen) atoms. The Morgan fingerprint density at radius 2 is 1.71 bits per heavy atom. The van der Waals surface area contributed by atoms with Crippen LogP contribution in [0.2, 0.25) is 10.0 Å². The molecule has 8 heteroatoms. The molecule has 2 rings (SSSR count). The summed E-state index contributed by atoms with van der Waals surface area (Å²) in [7, 11) is -3.50. The Kier molecular flexibility index (Phi) is 6.62. The predicted molar refractivity (Wildman–Crippen MR) is 95.9 cm³/mol. The van der Waals surface area contributed by atoms with Crippen LogP contribution in [0.4, 0.5) is 0 Å². The van der Waals surface area contributed by atoms with Crippen LogP contribution in [-0.2, 0) is 16.6 Å². The second-order valence-corrected chi connectivity index (χ2v) is 7.69. The molecule has 0 atom stereocenters. The number of hydrogen-bond acceptors (Lipinski definition) is 3. The minimum absolute atomic E-state index is 0.0359. The molecule has 0 aliphatic carbocycles. The van der Waals surface area contributed by atoms with E-state index in [2.05, 4.69) is 10.0 Å². The Hall–Kier alpha value is -1.60. The Morgan fingerprint density at radius 3 is 2.42 bits per heavy atom. The van der Waals surface area contributed by atoms with Crippen LogP contribution in [0.25, 0.3) is 0 Å². The van der Waals surface area contributed by atoms with Gasteiger partial charge in [0.05, 0.1) is 21.4 Å². The number of nitrogens with one attached hydrogen (secondary N) is 2. The van der Waals surface area contributed by atoms with Gasteiger partial charge in [0, 0.05) is 13.1 Å². The van der Waals surface area contributed by atoms with Crippen molar-refractivity contribution in [1.82, 2.24) is 10.0 Å². The van der Waals surface area contributed by atoms with Crippen molar-refractivity contribution in [3.05, 3.63) is 69.7 Å². The van der Waals surface area contributed by atoms with Crippen LogP contribution in [-0.4, -0.2) is 26.6 Å². The highest BCUT2D eigenvalue weighted by Crippen LogP contribution is 2.25. The van der Waals surface area contributed by atoms with E-state index in [9.17, 15) is 13.2 Å². The SMILES string of the molecule is O=C(NCCS(=O)(=O)NCc1ccccc1)c1cccc(Cl)c1Cl. The molecule has 0 aliphatic rings. The van der Waals surface area contributed by atoms with Crippen LogP contribution in [0.15, 0.2) is 48.5 Å². The lowest BCUT2D eigenvalue weighted by Crippen LogP contribution is -2.34. The summed E-state index contributed by atoms with van der Waals surface area (Å²) in [4.78, 5) is 12.0. The number of amides is 1. The van der Waals surface area contributed by atoms with Gasteiger partial charge in [0.1, 0.15) is 0 Å². The number of halogens is 2. The van der Waals surface area contributed by atoms with Gasteiger partial charge in [-0.1, -0.05) is 59.6 Å². The van der Waals surface area contributed by atoms with Crippen molar-refractivity contribution in [2.75, 3.05) is 12.3 Å². The van der Waals surface area contributed by atoms with Crippen LogP contribution >= 0.6 is 23.2 Å². The van der Waals surface area contributed by atoms with E-state index in [0.29, 0.717) is 0 Å². The number of hydrogen-bond donors (Lipinski definition) is 2. The van der Waals surface area contributed by atoms with E-state index in [1.807, 2.05) is 30.3 Å². The minimum atomic E-state index is -3.50. The lowest BCUT2D eigenvalue weighted by molar-refractivity contribution is 0.0956. The molecular weight excluding hydrogens is 371 g/mol. The van der Waals surface area contributed by atoms with Crippen LogP contribution in [0.3, 0.4) is 0 Å². The summed E-state index contributed by atoms with van der Waals surface area (Å²) in [5, 5.41) is 2.93. The maximum absolute atomic E-state index is 12.0. The molecule has 0 aliphatic heterocycles. The molecule has 2 N–H and O–H groups in total. The van der Waals surface area contributed by atoms with Gasteiger partial charge in [-0.25, -0.2) is 13.1 Å². The van der Waals surface area contributed by atoms with Gasteiger partial charge in [-0.3, -0.25) is 4.79 Å². The first-order chi connectivity index (χ1) is 11.4. The number of carbonyl (C=O) groups excluding carboxylic acids is 1. The van der Waals surface area contributed by atoms with E-state index in [-0.39, 0.29) is 34.5 Å². The highest BCUT2D eigenvalue weighted by molar-refractivity contribution is 7.89. The Labute approximate surface area is 151 Å². The molecule has 5 nitrogen and oxygen atoms in total. The monoisotopic (exact) mass is 386 g/mol. The van der Waals surface area contributed by atoms with Crippen LogP contribution in [0, 0.1) is 0 Å². The summed E-state index contributed by atoms with van der Waals surface area (Å²) < 4.78 is 26.3. The molecule has 2 aromatic carbocycles. The Morgan fingerprint density at radius 1 is 1.00 bits per heavy atom. The first-order valence-electron chi connectivity index (χ1n) is 7.12. The van der Waals surface area contributed by atoms with Gasteiger partial charge in [0.2, 0.25) is 10.0 Å². The van der Waals surface area contributed by atoms with Gasteiger partial charge in [-0.05, 0) is 17.7 Å². The molecule has 0 radical (unpaired) electrons. The first kappa shape index (κ1) is 18.7. The van der Waals surface area contributed by atoms with Gasteiger partial charge >= 0.3 is 0 Å². The molecule has 0 heterocycles. The fourth-order valence-corrected chi connectivity index (χ4v) is 3.22. The summed E-state index contributed by atoms with van der Waals surface area (Å²) in [6.45, 7) is 0.170. The second-order valence-electron chi connectivity index (χ2n) is 4.98. The van der Waals surface area contributed by atoms with E-state index in [1.54, 1.807) is 12.1 Å². The maximum Gasteiger partial charge on any atom is 0.252 e. The average molecular weight is 387 g/mol. The molecule has 0 spiro atoms.